The third kappa shape index (κ3) is 2.80. The number of nitrogens with zero attached hydrogens (tertiary/aromatic N) is 1. The largest absolute Gasteiger partial charge is 0.256 e. The van der Waals surface area contributed by atoms with Crippen molar-refractivity contribution in [2.45, 2.75) is 13.8 Å². The van der Waals surface area contributed by atoms with Gasteiger partial charge in [-0.15, -0.1) is 0 Å². The van der Waals surface area contributed by atoms with E-state index >= 15 is 0 Å². The zero-order valence-electron chi connectivity index (χ0n) is 9.64. The van der Waals surface area contributed by atoms with Crippen LogP contribution in [0.15, 0.2) is 53.5 Å². The molecule has 0 bridgehead atoms. The predicted octanol–water partition coefficient (Wildman–Crippen LogP) is 4.05. The first kappa shape index (κ1) is 10.6. The second-order valence-electron chi connectivity index (χ2n) is 4.01. The van der Waals surface area contributed by atoms with Gasteiger partial charge in [0.1, 0.15) is 0 Å². The highest BCUT2D eigenvalue weighted by molar-refractivity contribution is 5.81. The minimum atomic E-state index is 1.00. The van der Waals surface area contributed by atoms with E-state index in [9.17, 15) is 0 Å². The Morgan fingerprint density at radius 2 is 1.62 bits per heavy atom. The summed E-state index contributed by atoms with van der Waals surface area (Å²) in [7, 11) is 0. The molecule has 0 aliphatic heterocycles. The summed E-state index contributed by atoms with van der Waals surface area (Å²) in [6.07, 6.45) is 1.90. The first-order valence-corrected chi connectivity index (χ1v) is 5.41. The van der Waals surface area contributed by atoms with Crippen LogP contribution in [0.4, 0.5) is 5.69 Å². The number of aryl methyl sites for hydroxylation is 2. The molecule has 80 valence electrons. The van der Waals surface area contributed by atoms with Gasteiger partial charge in [0, 0.05) is 6.21 Å². The van der Waals surface area contributed by atoms with Crippen molar-refractivity contribution < 1.29 is 0 Å². The third-order valence-electron chi connectivity index (χ3n) is 2.44. The van der Waals surface area contributed by atoms with E-state index in [1.54, 1.807) is 0 Å². The zero-order chi connectivity index (χ0) is 11.4. The van der Waals surface area contributed by atoms with Crippen LogP contribution in [0.25, 0.3) is 0 Å². The van der Waals surface area contributed by atoms with E-state index in [2.05, 4.69) is 55.2 Å². The minimum Gasteiger partial charge on any atom is -0.256 e. The first-order valence-electron chi connectivity index (χ1n) is 5.41. The molecule has 0 heterocycles. The number of hydrogen-bond donors (Lipinski definition) is 0. The van der Waals surface area contributed by atoms with Crippen LogP contribution in [0.5, 0.6) is 0 Å². The van der Waals surface area contributed by atoms with Crippen molar-refractivity contribution in [2.75, 3.05) is 0 Å². The number of aliphatic imine (C=N–C) groups is 1. The molecule has 0 aliphatic rings. The van der Waals surface area contributed by atoms with Crippen molar-refractivity contribution in [3.63, 3.8) is 0 Å². The SMILES string of the molecule is Cc1ccc(C=Nc2cccc(C)c2)cc1. The van der Waals surface area contributed by atoms with Crippen molar-refractivity contribution in [2.24, 2.45) is 4.99 Å². The standard InChI is InChI=1S/C15H15N/c1-12-6-8-14(9-7-12)11-16-15-5-3-4-13(2)10-15/h3-11H,1-2H3. The molecule has 0 spiro atoms. The van der Waals surface area contributed by atoms with E-state index in [-0.39, 0.29) is 0 Å². The Kier molecular flexibility index (Phi) is 3.16. The molecule has 0 saturated carbocycles. The number of benzene rings is 2. The van der Waals surface area contributed by atoms with Gasteiger partial charge in [-0.1, -0.05) is 42.0 Å². The maximum absolute atomic E-state index is 4.44. The van der Waals surface area contributed by atoms with Crippen LogP contribution < -0.4 is 0 Å². The highest BCUT2D eigenvalue weighted by Gasteiger charge is 1.90. The van der Waals surface area contributed by atoms with Crippen LogP contribution in [0.3, 0.4) is 0 Å². The lowest BCUT2D eigenvalue weighted by Gasteiger charge is -1.96. The zero-order valence-corrected chi connectivity index (χ0v) is 9.64. The topological polar surface area (TPSA) is 12.4 Å². The van der Waals surface area contributed by atoms with E-state index in [0.717, 1.165) is 11.3 Å². The van der Waals surface area contributed by atoms with Gasteiger partial charge >= 0.3 is 0 Å². The van der Waals surface area contributed by atoms with E-state index in [1.807, 2.05) is 18.3 Å². The first-order chi connectivity index (χ1) is 7.74. The Morgan fingerprint density at radius 1 is 0.875 bits per heavy atom. The number of rotatable bonds is 2. The summed E-state index contributed by atoms with van der Waals surface area (Å²) in [6.45, 7) is 4.16. The second kappa shape index (κ2) is 4.75. The molecule has 0 aromatic heterocycles. The Morgan fingerprint density at radius 3 is 2.31 bits per heavy atom. The fourth-order valence-corrected chi connectivity index (χ4v) is 1.51. The molecule has 2 rings (SSSR count). The molecule has 2 aromatic carbocycles. The van der Waals surface area contributed by atoms with Gasteiger partial charge in [0.2, 0.25) is 0 Å². The van der Waals surface area contributed by atoms with Crippen molar-refractivity contribution in [3.05, 3.63) is 65.2 Å². The molecule has 16 heavy (non-hydrogen) atoms. The lowest BCUT2D eigenvalue weighted by atomic mass is 10.2. The molecule has 0 radical (unpaired) electrons. The van der Waals surface area contributed by atoms with Gasteiger partial charge in [0.05, 0.1) is 5.69 Å². The van der Waals surface area contributed by atoms with Gasteiger partial charge < -0.3 is 0 Å². The Hall–Kier alpha value is -1.89. The lowest BCUT2D eigenvalue weighted by Crippen LogP contribution is -1.80. The highest BCUT2D eigenvalue weighted by atomic mass is 14.7. The third-order valence-corrected chi connectivity index (χ3v) is 2.44. The molecule has 1 heteroatoms. The van der Waals surface area contributed by atoms with E-state index in [1.165, 1.54) is 11.1 Å². The molecule has 0 aliphatic carbocycles. The molecule has 0 fully saturated rings. The Balaban J connectivity index is 2.18. The average Bonchev–Trinajstić information content (AvgIpc) is 2.28. The average molecular weight is 209 g/mol. The van der Waals surface area contributed by atoms with Gasteiger partial charge in [-0.05, 0) is 37.1 Å². The lowest BCUT2D eigenvalue weighted by molar-refractivity contribution is 1.43. The summed E-state index contributed by atoms with van der Waals surface area (Å²) in [6, 6.07) is 16.5. The van der Waals surface area contributed by atoms with Gasteiger partial charge in [-0.25, -0.2) is 0 Å². The normalized spacial score (nSPS) is 10.9. The molecule has 0 N–H and O–H groups in total. The molecule has 0 atom stereocenters. The smallest absolute Gasteiger partial charge is 0.0632 e. The van der Waals surface area contributed by atoms with E-state index in [0.29, 0.717) is 0 Å². The number of hydrogen-bond acceptors (Lipinski definition) is 1. The summed E-state index contributed by atoms with van der Waals surface area (Å²) in [5.74, 6) is 0. The van der Waals surface area contributed by atoms with Crippen LogP contribution in [0, 0.1) is 13.8 Å². The fraction of sp³-hybridized carbons (Fsp3) is 0.133. The van der Waals surface area contributed by atoms with Gasteiger partial charge in [-0.3, -0.25) is 4.99 Å². The van der Waals surface area contributed by atoms with E-state index < -0.39 is 0 Å². The maximum Gasteiger partial charge on any atom is 0.0632 e. The Labute approximate surface area is 96.5 Å². The molecular weight excluding hydrogens is 194 g/mol. The molecule has 0 unspecified atom stereocenters. The molecule has 0 saturated heterocycles. The fourth-order valence-electron chi connectivity index (χ4n) is 1.51. The summed E-state index contributed by atoms with van der Waals surface area (Å²) >= 11 is 0. The van der Waals surface area contributed by atoms with Gasteiger partial charge in [0.25, 0.3) is 0 Å². The van der Waals surface area contributed by atoms with Crippen LogP contribution in [-0.2, 0) is 0 Å². The molecule has 2 aromatic rings. The van der Waals surface area contributed by atoms with Crippen LogP contribution >= 0.6 is 0 Å². The van der Waals surface area contributed by atoms with Crippen LogP contribution in [0.1, 0.15) is 16.7 Å². The Bertz CT molecular complexity index is 495. The minimum absolute atomic E-state index is 1.00. The predicted molar refractivity (Wildman–Crippen MR) is 69.6 cm³/mol. The quantitative estimate of drug-likeness (QED) is 0.661. The van der Waals surface area contributed by atoms with Crippen molar-refractivity contribution in [1.82, 2.24) is 0 Å². The monoisotopic (exact) mass is 209 g/mol. The van der Waals surface area contributed by atoms with Gasteiger partial charge in [0.15, 0.2) is 0 Å². The summed E-state index contributed by atoms with van der Waals surface area (Å²) < 4.78 is 0. The van der Waals surface area contributed by atoms with Crippen molar-refractivity contribution >= 4 is 11.9 Å². The summed E-state index contributed by atoms with van der Waals surface area (Å²) in [5, 5.41) is 0. The van der Waals surface area contributed by atoms with Crippen molar-refractivity contribution in [3.8, 4) is 0 Å². The molecule has 0 amide bonds. The van der Waals surface area contributed by atoms with Gasteiger partial charge in [-0.2, -0.15) is 0 Å². The van der Waals surface area contributed by atoms with E-state index in [4.69, 9.17) is 0 Å². The summed E-state index contributed by atoms with van der Waals surface area (Å²) in [4.78, 5) is 4.44. The van der Waals surface area contributed by atoms with Crippen LogP contribution in [0.2, 0.25) is 0 Å². The highest BCUT2D eigenvalue weighted by Crippen LogP contribution is 2.13. The molecular formula is C15H15N. The van der Waals surface area contributed by atoms with Crippen molar-refractivity contribution in [1.29, 1.82) is 0 Å². The maximum atomic E-state index is 4.44. The summed E-state index contributed by atoms with van der Waals surface area (Å²) in [5.41, 5.74) is 4.64. The van der Waals surface area contributed by atoms with Crippen LogP contribution in [-0.4, -0.2) is 6.21 Å². The molecule has 1 nitrogen and oxygen atoms in total. The second-order valence-corrected chi connectivity index (χ2v) is 4.01.